The smallest absolute Gasteiger partial charge is 0.253 e. The topological polar surface area (TPSA) is 32.8 Å². The third kappa shape index (κ3) is 2.58. The maximum Gasteiger partial charge on any atom is 0.253 e. The van der Waals surface area contributed by atoms with Gasteiger partial charge in [-0.3, -0.25) is 9.69 Å². The molecule has 0 aromatic heterocycles. The predicted molar refractivity (Wildman–Crippen MR) is 78.7 cm³/mol. The standard InChI is InChI=1S/C16H22N2O2/c1-12(2)8-17-9-14-15(10-17)20-11-16(19)18(14)13-6-4-3-5-7-13/h3-7,12,14-15H,8-11H2,1-2H3. The van der Waals surface area contributed by atoms with Crippen molar-refractivity contribution in [2.45, 2.75) is 26.0 Å². The van der Waals surface area contributed by atoms with Crippen molar-refractivity contribution in [1.29, 1.82) is 0 Å². The summed E-state index contributed by atoms with van der Waals surface area (Å²) in [6.45, 7) is 7.55. The van der Waals surface area contributed by atoms with Crippen molar-refractivity contribution in [2.24, 2.45) is 5.92 Å². The molecule has 2 atom stereocenters. The first-order valence-electron chi connectivity index (χ1n) is 7.36. The van der Waals surface area contributed by atoms with Gasteiger partial charge in [0.2, 0.25) is 0 Å². The van der Waals surface area contributed by atoms with E-state index in [0.29, 0.717) is 5.92 Å². The van der Waals surface area contributed by atoms with Gasteiger partial charge in [-0.05, 0) is 18.1 Å². The summed E-state index contributed by atoms with van der Waals surface area (Å²) in [5.74, 6) is 0.708. The van der Waals surface area contributed by atoms with Gasteiger partial charge < -0.3 is 9.64 Å². The number of anilines is 1. The van der Waals surface area contributed by atoms with E-state index >= 15 is 0 Å². The molecule has 2 heterocycles. The molecule has 2 aliphatic heterocycles. The molecule has 3 rings (SSSR count). The van der Waals surface area contributed by atoms with E-state index in [-0.39, 0.29) is 24.7 Å². The van der Waals surface area contributed by atoms with Crippen LogP contribution in [0.5, 0.6) is 0 Å². The fraction of sp³-hybridized carbons (Fsp3) is 0.562. The van der Waals surface area contributed by atoms with Crippen molar-refractivity contribution < 1.29 is 9.53 Å². The Morgan fingerprint density at radius 2 is 2.00 bits per heavy atom. The number of hydrogen-bond acceptors (Lipinski definition) is 3. The van der Waals surface area contributed by atoms with Crippen molar-refractivity contribution in [3.63, 3.8) is 0 Å². The van der Waals surface area contributed by atoms with Gasteiger partial charge in [0.05, 0.1) is 12.1 Å². The molecule has 4 heteroatoms. The van der Waals surface area contributed by atoms with Crippen molar-refractivity contribution in [2.75, 3.05) is 31.1 Å². The Bertz CT molecular complexity index is 475. The molecule has 0 N–H and O–H groups in total. The molecule has 1 aromatic rings. The largest absolute Gasteiger partial charge is 0.365 e. The van der Waals surface area contributed by atoms with Crippen LogP contribution in [0.2, 0.25) is 0 Å². The first kappa shape index (κ1) is 13.6. The molecule has 0 saturated carbocycles. The first-order chi connectivity index (χ1) is 9.65. The van der Waals surface area contributed by atoms with E-state index in [1.807, 2.05) is 35.2 Å². The Kier molecular flexibility index (Phi) is 3.76. The minimum Gasteiger partial charge on any atom is -0.365 e. The molecule has 4 nitrogen and oxygen atoms in total. The van der Waals surface area contributed by atoms with Crippen LogP contribution in [0.15, 0.2) is 30.3 Å². The first-order valence-corrected chi connectivity index (χ1v) is 7.36. The lowest BCUT2D eigenvalue weighted by Crippen LogP contribution is -2.54. The summed E-state index contributed by atoms with van der Waals surface area (Å²) in [4.78, 5) is 16.6. The van der Waals surface area contributed by atoms with Gasteiger partial charge in [0.15, 0.2) is 0 Å². The minimum absolute atomic E-state index is 0.0730. The Morgan fingerprint density at radius 1 is 1.25 bits per heavy atom. The van der Waals surface area contributed by atoms with Crippen LogP contribution in [-0.2, 0) is 9.53 Å². The van der Waals surface area contributed by atoms with Gasteiger partial charge in [0, 0.05) is 25.3 Å². The highest BCUT2D eigenvalue weighted by molar-refractivity contribution is 5.95. The van der Waals surface area contributed by atoms with E-state index < -0.39 is 0 Å². The number of likely N-dealkylation sites (tertiary alicyclic amines) is 1. The number of benzene rings is 1. The number of rotatable bonds is 3. The zero-order valence-corrected chi connectivity index (χ0v) is 12.2. The highest BCUT2D eigenvalue weighted by atomic mass is 16.5. The lowest BCUT2D eigenvalue weighted by molar-refractivity contribution is -0.130. The zero-order valence-electron chi connectivity index (χ0n) is 12.2. The number of amides is 1. The highest BCUT2D eigenvalue weighted by Gasteiger charge is 2.43. The SMILES string of the molecule is CC(C)CN1CC2OCC(=O)N(c3ccccc3)C2C1. The van der Waals surface area contributed by atoms with E-state index in [9.17, 15) is 4.79 Å². The van der Waals surface area contributed by atoms with E-state index in [0.717, 1.165) is 25.3 Å². The molecule has 1 amide bonds. The summed E-state index contributed by atoms with van der Waals surface area (Å²) in [6, 6.07) is 10.1. The zero-order chi connectivity index (χ0) is 14.1. The highest BCUT2D eigenvalue weighted by Crippen LogP contribution is 2.28. The number of nitrogens with zero attached hydrogens (tertiary/aromatic N) is 2. The Morgan fingerprint density at radius 3 is 2.70 bits per heavy atom. The van der Waals surface area contributed by atoms with Gasteiger partial charge in [-0.2, -0.15) is 0 Å². The second kappa shape index (κ2) is 5.54. The summed E-state index contributed by atoms with van der Waals surface area (Å²) in [5, 5.41) is 0. The number of hydrogen-bond donors (Lipinski definition) is 0. The summed E-state index contributed by atoms with van der Waals surface area (Å²) in [5.41, 5.74) is 0.988. The maximum atomic E-state index is 12.2. The second-order valence-corrected chi connectivity index (χ2v) is 6.13. The maximum absolute atomic E-state index is 12.2. The van der Waals surface area contributed by atoms with Crippen molar-refractivity contribution in [1.82, 2.24) is 4.90 Å². The summed E-state index contributed by atoms with van der Waals surface area (Å²) in [7, 11) is 0. The molecule has 0 radical (unpaired) electrons. The predicted octanol–water partition coefficient (Wildman–Crippen LogP) is 1.76. The Balaban J connectivity index is 1.81. The monoisotopic (exact) mass is 274 g/mol. The molecule has 0 aliphatic carbocycles. The van der Waals surface area contributed by atoms with Crippen LogP contribution in [0.3, 0.4) is 0 Å². The number of ether oxygens (including phenoxy) is 1. The summed E-state index contributed by atoms with van der Waals surface area (Å²) < 4.78 is 5.74. The lowest BCUT2D eigenvalue weighted by Gasteiger charge is -2.36. The van der Waals surface area contributed by atoms with Gasteiger partial charge in [-0.1, -0.05) is 32.0 Å². The van der Waals surface area contributed by atoms with Crippen LogP contribution >= 0.6 is 0 Å². The molecular formula is C16H22N2O2. The number of carbonyl (C=O) groups is 1. The number of para-hydroxylation sites is 1. The average molecular weight is 274 g/mol. The summed E-state index contributed by atoms with van der Waals surface area (Å²) >= 11 is 0. The van der Waals surface area contributed by atoms with E-state index in [4.69, 9.17) is 4.74 Å². The Labute approximate surface area is 120 Å². The quantitative estimate of drug-likeness (QED) is 0.842. The lowest BCUT2D eigenvalue weighted by atomic mass is 10.1. The van der Waals surface area contributed by atoms with E-state index in [1.165, 1.54) is 0 Å². The molecule has 108 valence electrons. The second-order valence-electron chi connectivity index (χ2n) is 6.13. The summed E-state index contributed by atoms with van der Waals surface area (Å²) in [6.07, 6.45) is 0.145. The van der Waals surface area contributed by atoms with Crippen LogP contribution < -0.4 is 4.90 Å². The molecule has 1 aromatic carbocycles. The van der Waals surface area contributed by atoms with Crippen LogP contribution in [0.1, 0.15) is 13.8 Å². The Hall–Kier alpha value is -1.39. The third-order valence-corrected chi connectivity index (χ3v) is 3.99. The average Bonchev–Trinajstić information content (AvgIpc) is 2.81. The van der Waals surface area contributed by atoms with Crippen LogP contribution in [0, 0.1) is 5.92 Å². The fourth-order valence-corrected chi connectivity index (χ4v) is 3.27. The van der Waals surface area contributed by atoms with Crippen LogP contribution in [0.25, 0.3) is 0 Å². The van der Waals surface area contributed by atoms with E-state index in [1.54, 1.807) is 0 Å². The molecule has 2 unspecified atom stereocenters. The van der Waals surface area contributed by atoms with Crippen LogP contribution in [0.4, 0.5) is 5.69 Å². The minimum atomic E-state index is 0.0730. The molecule has 0 bridgehead atoms. The van der Waals surface area contributed by atoms with E-state index in [2.05, 4.69) is 18.7 Å². The van der Waals surface area contributed by atoms with Gasteiger partial charge in [0.25, 0.3) is 5.91 Å². The number of fused-ring (bicyclic) bond motifs is 1. The van der Waals surface area contributed by atoms with Gasteiger partial charge >= 0.3 is 0 Å². The molecule has 20 heavy (non-hydrogen) atoms. The van der Waals surface area contributed by atoms with Gasteiger partial charge in [0.1, 0.15) is 6.61 Å². The molecular weight excluding hydrogens is 252 g/mol. The number of morpholine rings is 1. The third-order valence-electron chi connectivity index (χ3n) is 3.99. The molecule has 2 fully saturated rings. The van der Waals surface area contributed by atoms with Crippen LogP contribution in [-0.4, -0.2) is 49.2 Å². The normalized spacial score (nSPS) is 27.1. The van der Waals surface area contributed by atoms with Gasteiger partial charge in [-0.25, -0.2) is 0 Å². The molecule has 2 saturated heterocycles. The molecule has 2 aliphatic rings. The van der Waals surface area contributed by atoms with Crippen molar-refractivity contribution in [3.05, 3.63) is 30.3 Å². The fourth-order valence-electron chi connectivity index (χ4n) is 3.27. The van der Waals surface area contributed by atoms with Crippen molar-refractivity contribution in [3.8, 4) is 0 Å². The molecule has 0 spiro atoms. The van der Waals surface area contributed by atoms with Gasteiger partial charge in [-0.15, -0.1) is 0 Å². The van der Waals surface area contributed by atoms with Crippen molar-refractivity contribution >= 4 is 11.6 Å². The number of carbonyl (C=O) groups excluding carboxylic acids is 1.